The van der Waals surface area contributed by atoms with Gasteiger partial charge in [0.1, 0.15) is 6.10 Å². The van der Waals surface area contributed by atoms with Gasteiger partial charge in [0.05, 0.1) is 25.2 Å². The molecular weight excluding hydrogens is 755 g/mol. The second-order valence-electron chi connectivity index (χ2n) is 17.3. The van der Waals surface area contributed by atoms with Crippen molar-refractivity contribution in [2.24, 2.45) is 0 Å². The zero-order valence-electron chi connectivity index (χ0n) is 40.0. The third-order valence-electron chi connectivity index (χ3n) is 11.4. The Balaban J connectivity index is 4.69. The Labute approximate surface area is 377 Å². The van der Waals surface area contributed by atoms with Crippen molar-refractivity contribution in [1.29, 1.82) is 0 Å². The lowest BCUT2D eigenvalue weighted by Crippen LogP contribution is -2.46. The van der Waals surface area contributed by atoms with E-state index < -0.39 is 18.2 Å². The molecule has 0 aromatic rings. The average molecular weight is 852 g/mol. The number of allylic oxidation sites excluding steroid dienone is 12. The van der Waals surface area contributed by atoms with Crippen LogP contribution in [-0.2, 0) is 14.3 Å². The Morgan fingerprint density at radius 1 is 0.492 bits per heavy atom. The lowest BCUT2D eigenvalue weighted by molar-refractivity contribution is -0.151. The number of hydrogen-bond acceptors (Lipinski definition) is 5. The summed E-state index contributed by atoms with van der Waals surface area (Å²) in [7, 11) is 0. The molecule has 0 spiro atoms. The van der Waals surface area contributed by atoms with Crippen molar-refractivity contribution in [2.75, 3.05) is 6.61 Å². The summed E-state index contributed by atoms with van der Waals surface area (Å²) in [4.78, 5) is 26.1. The quantitative estimate of drug-likeness (QED) is 0.0322. The van der Waals surface area contributed by atoms with Crippen LogP contribution in [-0.4, -0.2) is 46.9 Å². The molecule has 0 rings (SSSR count). The summed E-state index contributed by atoms with van der Waals surface area (Å²) in [5.41, 5.74) is 0. The Morgan fingerprint density at radius 3 is 1.39 bits per heavy atom. The van der Waals surface area contributed by atoms with Gasteiger partial charge in [-0.3, -0.25) is 9.59 Å². The van der Waals surface area contributed by atoms with Crippen molar-refractivity contribution in [3.63, 3.8) is 0 Å². The first-order chi connectivity index (χ1) is 30.0. The first-order valence-corrected chi connectivity index (χ1v) is 25.7. The van der Waals surface area contributed by atoms with Gasteiger partial charge in [-0.2, -0.15) is 0 Å². The van der Waals surface area contributed by atoms with E-state index in [0.29, 0.717) is 19.3 Å². The molecule has 0 bridgehead atoms. The standard InChI is InChI=1S/C55H97NO5/c1-4-7-10-13-16-19-22-25-27-30-33-36-39-42-45-48-55(60)61-51(46-43-40-37-34-31-29-26-23-20-17-14-11-8-5-2)49-54(59)56-52(50-57)53(58)47-44-41-38-35-32-28-24-21-18-15-12-9-6-3/h7,10,13,16,19,22,25,27,29,31,34,37,51-53,57-58H,4-6,8-9,11-12,14-15,17-18,20-21,23-24,26,28,30,32-33,35-36,38-50H2,1-3H3,(H,56,59)/b10-7+,16-13+,22-19+,27-25-,31-29+,37-34+. The van der Waals surface area contributed by atoms with E-state index in [4.69, 9.17) is 4.74 Å². The first-order valence-electron chi connectivity index (χ1n) is 25.7. The normalized spacial score (nSPS) is 13.9. The highest BCUT2D eigenvalue weighted by Gasteiger charge is 2.24. The van der Waals surface area contributed by atoms with Crippen LogP contribution in [0.2, 0.25) is 0 Å². The van der Waals surface area contributed by atoms with Crippen molar-refractivity contribution in [3.05, 3.63) is 72.9 Å². The Morgan fingerprint density at radius 2 is 0.902 bits per heavy atom. The number of ether oxygens (including phenoxy) is 1. The first kappa shape index (κ1) is 58.3. The molecule has 0 aliphatic carbocycles. The number of aliphatic hydroxyl groups is 2. The SMILES string of the molecule is CC/C=C/C=C/C=C/C=C\CCCCCCCC(=O)OC(CCC/C=C/C=C/CCCCCCCCC)CC(=O)NC(CO)C(O)CCCCCCCCCCCCCCC. The molecule has 0 saturated heterocycles. The second kappa shape index (κ2) is 48.3. The number of esters is 1. The van der Waals surface area contributed by atoms with Crippen molar-refractivity contribution < 1.29 is 24.5 Å². The minimum absolute atomic E-state index is 0.0324. The molecule has 3 N–H and O–H groups in total. The zero-order valence-corrected chi connectivity index (χ0v) is 40.0. The summed E-state index contributed by atoms with van der Waals surface area (Å²) in [6.45, 7) is 6.32. The van der Waals surface area contributed by atoms with Gasteiger partial charge in [-0.1, -0.05) is 235 Å². The fraction of sp³-hybridized carbons (Fsp3) is 0.745. The second-order valence-corrected chi connectivity index (χ2v) is 17.3. The minimum atomic E-state index is -0.806. The maximum atomic E-state index is 13.2. The topological polar surface area (TPSA) is 95.9 Å². The maximum Gasteiger partial charge on any atom is 0.306 e. The highest BCUT2D eigenvalue weighted by Crippen LogP contribution is 2.17. The molecule has 0 aliphatic rings. The molecule has 3 unspecified atom stereocenters. The van der Waals surface area contributed by atoms with Gasteiger partial charge in [-0.05, 0) is 64.2 Å². The summed E-state index contributed by atoms with van der Waals surface area (Å²) in [6, 6.07) is -0.723. The number of hydrogen-bond donors (Lipinski definition) is 3. The third kappa shape index (κ3) is 43.7. The zero-order chi connectivity index (χ0) is 44.5. The highest BCUT2D eigenvalue weighted by atomic mass is 16.5. The Bertz CT molecular complexity index is 1140. The van der Waals surface area contributed by atoms with Crippen molar-refractivity contribution in [1.82, 2.24) is 5.32 Å². The van der Waals surface area contributed by atoms with E-state index in [1.165, 1.54) is 109 Å². The number of unbranched alkanes of at least 4 members (excludes halogenated alkanes) is 25. The van der Waals surface area contributed by atoms with E-state index >= 15 is 0 Å². The molecule has 0 aliphatic heterocycles. The molecule has 6 heteroatoms. The molecular formula is C55H97NO5. The fourth-order valence-electron chi connectivity index (χ4n) is 7.50. The highest BCUT2D eigenvalue weighted by molar-refractivity contribution is 5.77. The number of nitrogens with one attached hydrogen (secondary N) is 1. The van der Waals surface area contributed by atoms with E-state index in [0.717, 1.165) is 83.5 Å². The van der Waals surface area contributed by atoms with E-state index in [9.17, 15) is 19.8 Å². The molecule has 0 saturated carbocycles. The average Bonchev–Trinajstić information content (AvgIpc) is 3.25. The van der Waals surface area contributed by atoms with E-state index in [1.54, 1.807) is 0 Å². The maximum absolute atomic E-state index is 13.2. The number of carbonyl (C=O) groups is 2. The van der Waals surface area contributed by atoms with Crippen LogP contribution in [0.5, 0.6) is 0 Å². The molecule has 61 heavy (non-hydrogen) atoms. The van der Waals surface area contributed by atoms with E-state index in [2.05, 4.69) is 80.8 Å². The van der Waals surface area contributed by atoms with Crippen LogP contribution in [0.25, 0.3) is 0 Å². The lowest BCUT2D eigenvalue weighted by Gasteiger charge is -2.24. The molecule has 3 atom stereocenters. The van der Waals surface area contributed by atoms with E-state index in [1.807, 2.05) is 18.2 Å². The van der Waals surface area contributed by atoms with Gasteiger partial charge in [-0.25, -0.2) is 0 Å². The van der Waals surface area contributed by atoms with Crippen molar-refractivity contribution in [2.45, 2.75) is 257 Å². The predicted molar refractivity (Wildman–Crippen MR) is 264 cm³/mol. The lowest BCUT2D eigenvalue weighted by atomic mass is 10.0. The molecule has 0 aromatic carbocycles. The summed E-state index contributed by atoms with van der Waals surface area (Å²) < 4.78 is 5.90. The Hall–Kier alpha value is -2.70. The van der Waals surface area contributed by atoms with Crippen molar-refractivity contribution >= 4 is 11.9 Å². The summed E-state index contributed by atoms with van der Waals surface area (Å²) in [5.74, 6) is -0.549. The van der Waals surface area contributed by atoms with Crippen LogP contribution < -0.4 is 5.32 Å². The monoisotopic (exact) mass is 852 g/mol. The molecule has 0 aromatic heterocycles. The van der Waals surface area contributed by atoms with Gasteiger partial charge >= 0.3 is 5.97 Å². The van der Waals surface area contributed by atoms with Crippen molar-refractivity contribution in [3.8, 4) is 0 Å². The van der Waals surface area contributed by atoms with Crippen LogP contribution in [0.4, 0.5) is 0 Å². The van der Waals surface area contributed by atoms with Gasteiger partial charge in [0, 0.05) is 6.42 Å². The summed E-state index contributed by atoms with van der Waals surface area (Å²) in [6.07, 6.45) is 61.0. The molecule has 1 amide bonds. The number of carbonyl (C=O) groups excluding carboxylic acids is 2. The number of rotatable bonds is 45. The number of amides is 1. The Kier molecular flexibility index (Phi) is 46.2. The van der Waals surface area contributed by atoms with Gasteiger partial charge in [0.2, 0.25) is 5.91 Å². The van der Waals surface area contributed by atoms with E-state index in [-0.39, 0.29) is 24.9 Å². The van der Waals surface area contributed by atoms with Crippen LogP contribution >= 0.6 is 0 Å². The van der Waals surface area contributed by atoms with Gasteiger partial charge in [-0.15, -0.1) is 0 Å². The third-order valence-corrected chi connectivity index (χ3v) is 11.4. The fourth-order valence-corrected chi connectivity index (χ4v) is 7.50. The molecule has 6 nitrogen and oxygen atoms in total. The molecule has 352 valence electrons. The van der Waals surface area contributed by atoms with Gasteiger partial charge in [0.15, 0.2) is 0 Å². The molecule has 0 heterocycles. The molecule has 0 fully saturated rings. The number of aliphatic hydroxyl groups excluding tert-OH is 2. The summed E-state index contributed by atoms with van der Waals surface area (Å²) in [5, 5.41) is 23.7. The smallest absolute Gasteiger partial charge is 0.306 e. The van der Waals surface area contributed by atoms with Crippen LogP contribution in [0.15, 0.2) is 72.9 Å². The van der Waals surface area contributed by atoms with Crippen LogP contribution in [0.1, 0.15) is 239 Å². The summed E-state index contributed by atoms with van der Waals surface area (Å²) >= 11 is 0. The van der Waals surface area contributed by atoms with Gasteiger partial charge < -0.3 is 20.3 Å². The minimum Gasteiger partial charge on any atom is -0.462 e. The van der Waals surface area contributed by atoms with Crippen LogP contribution in [0, 0.1) is 0 Å². The van der Waals surface area contributed by atoms with Crippen LogP contribution in [0.3, 0.4) is 0 Å². The van der Waals surface area contributed by atoms with Gasteiger partial charge in [0.25, 0.3) is 0 Å². The molecule has 0 radical (unpaired) electrons. The largest absolute Gasteiger partial charge is 0.462 e. The predicted octanol–water partition coefficient (Wildman–Crippen LogP) is 15.4.